The van der Waals surface area contributed by atoms with E-state index in [4.69, 9.17) is 5.73 Å². The van der Waals surface area contributed by atoms with Crippen molar-refractivity contribution in [2.24, 2.45) is 0 Å². The van der Waals surface area contributed by atoms with Crippen molar-refractivity contribution in [3.05, 3.63) is 26.6 Å². The van der Waals surface area contributed by atoms with Crippen molar-refractivity contribution in [2.45, 2.75) is 13.3 Å². The summed E-state index contributed by atoms with van der Waals surface area (Å²) < 4.78 is 2.61. The minimum absolute atomic E-state index is 0.932. The van der Waals surface area contributed by atoms with Crippen LogP contribution in [-0.2, 0) is 6.42 Å². The summed E-state index contributed by atoms with van der Waals surface area (Å²) in [5, 5.41) is 3.46. The van der Waals surface area contributed by atoms with Crippen molar-refractivity contribution in [3.8, 4) is 0 Å². The number of nitrogens with two attached hydrogens (primary N) is 1. The average molecular weight is 303 g/mol. The molecule has 2 rings (SSSR count). The second-order valence-corrected chi connectivity index (χ2v) is 4.97. The molecule has 0 amide bonds. The normalized spacial score (nSPS) is 10.9. The third-order valence-corrected chi connectivity index (χ3v) is 4.28. The molecule has 0 aliphatic rings. The van der Waals surface area contributed by atoms with Crippen molar-refractivity contribution in [2.75, 3.05) is 5.73 Å². The number of fused-ring (bicyclic) bond motifs is 1. The standard InChI is InChI=1S/C10H10INS/c1-2-6-8(12)5-9-7(10(6)11)3-4-13-9/h3-5H,2,12H2,1H3. The van der Waals surface area contributed by atoms with Gasteiger partial charge in [0.05, 0.1) is 0 Å². The van der Waals surface area contributed by atoms with E-state index in [0.29, 0.717) is 0 Å². The molecule has 0 aliphatic carbocycles. The van der Waals surface area contributed by atoms with Gasteiger partial charge >= 0.3 is 0 Å². The highest BCUT2D eigenvalue weighted by molar-refractivity contribution is 14.1. The monoisotopic (exact) mass is 303 g/mol. The molecular weight excluding hydrogens is 293 g/mol. The van der Waals surface area contributed by atoms with E-state index in [-0.39, 0.29) is 0 Å². The van der Waals surface area contributed by atoms with E-state index in [1.165, 1.54) is 19.2 Å². The summed E-state index contributed by atoms with van der Waals surface area (Å²) in [7, 11) is 0. The number of halogens is 1. The molecule has 0 bridgehead atoms. The van der Waals surface area contributed by atoms with Crippen LogP contribution in [0, 0.1) is 3.57 Å². The summed E-state index contributed by atoms with van der Waals surface area (Å²) in [6.07, 6.45) is 1.01. The zero-order chi connectivity index (χ0) is 9.42. The van der Waals surface area contributed by atoms with Gasteiger partial charge in [0.1, 0.15) is 0 Å². The first kappa shape index (κ1) is 9.27. The van der Waals surface area contributed by atoms with E-state index in [1.807, 2.05) is 0 Å². The fourth-order valence-electron chi connectivity index (χ4n) is 1.49. The van der Waals surface area contributed by atoms with Gasteiger partial charge in [0.15, 0.2) is 0 Å². The predicted molar refractivity (Wildman–Crippen MR) is 68.3 cm³/mol. The largest absolute Gasteiger partial charge is 0.398 e. The molecule has 0 fully saturated rings. The van der Waals surface area contributed by atoms with Gasteiger partial charge in [-0.3, -0.25) is 0 Å². The van der Waals surface area contributed by atoms with Gasteiger partial charge < -0.3 is 5.73 Å². The molecule has 2 aromatic rings. The van der Waals surface area contributed by atoms with Crippen molar-refractivity contribution in [1.82, 2.24) is 0 Å². The number of hydrogen-bond acceptors (Lipinski definition) is 2. The number of nitrogen functional groups attached to an aromatic ring is 1. The van der Waals surface area contributed by atoms with Gasteiger partial charge in [0.25, 0.3) is 0 Å². The third kappa shape index (κ3) is 1.44. The second kappa shape index (κ2) is 3.46. The van der Waals surface area contributed by atoms with Crippen LogP contribution in [0.2, 0.25) is 0 Å². The Morgan fingerprint density at radius 1 is 1.54 bits per heavy atom. The van der Waals surface area contributed by atoms with Gasteiger partial charge in [0.2, 0.25) is 0 Å². The molecule has 2 N–H and O–H groups in total. The van der Waals surface area contributed by atoms with E-state index < -0.39 is 0 Å². The Kier molecular flexibility index (Phi) is 2.47. The summed E-state index contributed by atoms with van der Waals surface area (Å²) in [5.41, 5.74) is 8.18. The Balaban J connectivity index is 2.85. The van der Waals surface area contributed by atoms with Crippen LogP contribution in [0.5, 0.6) is 0 Å². The number of anilines is 1. The molecule has 3 heteroatoms. The molecule has 1 nitrogen and oxygen atoms in total. The molecule has 1 aromatic heterocycles. The predicted octanol–water partition coefficient (Wildman–Crippen LogP) is 3.65. The lowest BCUT2D eigenvalue weighted by Crippen LogP contribution is -1.95. The smallest absolute Gasteiger partial charge is 0.0374 e. The molecule has 1 aromatic carbocycles. The van der Waals surface area contributed by atoms with Gasteiger partial charge in [-0.15, -0.1) is 11.3 Å². The molecular formula is C10H10INS. The van der Waals surface area contributed by atoms with E-state index in [1.54, 1.807) is 11.3 Å². The summed E-state index contributed by atoms with van der Waals surface area (Å²) in [6, 6.07) is 4.25. The van der Waals surface area contributed by atoms with Crippen LogP contribution < -0.4 is 5.73 Å². The van der Waals surface area contributed by atoms with Crippen LogP contribution in [0.4, 0.5) is 5.69 Å². The van der Waals surface area contributed by atoms with Gasteiger partial charge in [-0.25, -0.2) is 0 Å². The molecule has 0 atom stereocenters. The topological polar surface area (TPSA) is 26.0 Å². The summed E-state index contributed by atoms with van der Waals surface area (Å²) in [6.45, 7) is 2.14. The highest BCUT2D eigenvalue weighted by Crippen LogP contribution is 2.32. The van der Waals surface area contributed by atoms with Gasteiger partial charge in [-0.05, 0) is 52.1 Å². The molecule has 0 saturated carbocycles. The Bertz CT molecular complexity index is 447. The highest BCUT2D eigenvalue weighted by atomic mass is 127. The van der Waals surface area contributed by atoms with Gasteiger partial charge in [0, 0.05) is 19.3 Å². The van der Waals surface area contributed by atoms with Crippen molar-refractivity contribution >= 4 is 49.7 Å². The first-order valence-corrected chi connectivity index (χ1v) is 6.14. The van der Waals surface area contributed by atoms with Gasteiger partial charge in [-0.1, -0.05) is 6.92 Å². The van der Waals surface area contributed by atoms with Crippen LogP contribution >= 0.6 is 33.9 Å². The lowest BCUT2D eigenvalue weighted by atomic mass is 10.1. The molecule has 1 heterocycles. The fraction of sp³-hybridized carbons (Fsp3) is 0.200. The molecule has 0 aliphatic heterocycles. The summed E-state index contributed by atoms with van der Waals surface area (Å²) >= 11 is 4.14. The number of rotatable bonds is 1. The summed E-state index contributed by atoms with van der Waals surface area (Å²) in [5.74, 6) is 0. The minimum atomic E-state index is 0.932. The van der Waals surface area contributed by atoms with Crippen LogP contribution in [0.3, 0.4) is 0 Å². The maximum atomic E-state index is 5.96. The molecule has 13 heavy (non-hydrogen) atoms. The zero-order valence-corrected chi connectivity index (χ0v) is 10.3. The van der Waals surface area contributed by atoms with Crippen LogP contribution in [0.1, 0.15) is 12.5 Å². The molecule has 0 saturated heterocycles. The second-order valence-electron chi connectivity index (χ2n) is 2.94. The van der Waals surface area contributed by atoms with Crippen molar-refractivity contribution in [1.29, 1.82) is 0 Å². The SMILES string of the molecule is CCc1c(N)cc2sccc2c1I. The molecule has 0 spiro atoms. The van der Waals surface area contributed by atoms with E-state index >= 15 is 0 Å². The van der Waals surface area contributed by atoms with E-state index in [9.17, 15) is 0 Å². The minimum Gasteiger partial charge on any atom is -0.398 e. The molecule has 0 radical (unpaired) electrons. The van der Waals surface area contributed by atoms with Gasteiger partial charge in [-0.2, -0.15) is 0 Å². The molecule has 0 unspecified atom stereocenters. The molecule has 68 valence electrons. The van der Waals surface area contributed by atoms with Crippen molar-refractivity contribution < 1.29 is 0 Å². The Morgan fingerprint density at radius 3 is 3.00 bits per heavy atom. The van der Waals surface area contributed by atoms with E-state index in [0.717, 1.165) is 12.1 Å². The zero-order valence-electron chi connectivity index (χ0n) is 7.30. The maximum Gasteiger partial charge on any atom is 0.0374 e. The maximum absolute atomic E-state index is 5.96. The Morgan fingerprint density at radius 2 is 2.31 bits per heavy atom. The quantitative estimate of drug-likeness (QED) is 0.631. The van der Waals surface area contributed by atoms with Crippen LogP contribution in [0.15, 0.2) is 17.5 Å². The number of benzene rings is 1. The fourth-order valence-corrected chi connectivity index (χ4v) is 3.68. The number of thiophene rings is 1. The number of hydrogen-bond donors (Lipinski definition) is 1. The lowest BCUT2D eigenvalue weighted by Gasteiger charge is -2.06. The Labute approximate surface area is 95.1 Å². The Hall–Kier alpha value is -0.290. The summed E-state index contributed by atoms with van der Waals surface area (Å²) in [4.78, 5) is 0. The lowest BCUT2D eigenvalue weighted by molar-refractivity contribution is 1.14. The first-order chi connectivity index (χ1) is 6.24. The highest BCUT2D eigenvalue weighted by Gasteiger charge is 2.08. The first-order valence-electron chi connectivity index (χ1n) is 4.18. The van der Waals surface area contributed by atoms with Crippen molar-refractivity contribution in [3.63, 3.8) is 0 Å². The van der Waals surface area contributed by atoms with Crippen LogP contribution in [0.25, 0.3) is 10.1 Å². The van der Waals surface area contributed by atoms with E-state index in [2.05, 4.69) is 47.0 Å². The average Bonchev–Trinajstić information content (AvgIpc) is 2.53. The third-order valence-electron chi connectivity index (χ3n) is 2.19. The van der Waals surface area contributed by atoms with Crippen LogP contribution in [-0.4, -0.2) is 0 Å².